The van der Waals surface area contributed by atoms with E-state index in [-0.39, 0.29) is 11.9 Å². The summed E-state index contributed by atoms with van der Waals surface area (Å²) in [5, 5.41) is 3.86. The molecule has 0 saturated heterocycles. The van der Waals surface area contributed by atoms with Crippen LogP contribution >= 0.6 is 11.6 Å². The zero-order valence-corrected chi connectivity index (χ0v) is 16.6. The smallest absolute Gasteiger partial charge is 0.251 e. The van der Waals surface area contributed by atoms with Crippen LogP contribution in [0.2, 0.25) is 5.02 Å². The molecule has 27 heavy (non-hydrogen) atoms. The van der Waals surface area contributed by atoms with E-state index in [4.69, 9.17) is 21.1 Å². The second-order valence-electron chi connectivity index (χ2n) is 7.03. The SMILES string of the molecule is COc1ccc(C(=O)NC2CCCCC2)cc1COc1ccc(Cl)c(C)c1. The topological polar surface area (TPSA) is 47.6 Å². The number of aryl methyl sites for hydroxylation is 1. The lowest BCUT2D eigenvalue weighted by atomic mass is 9.95. The molecule has 3 rings (SSSR count). The molecule has 1 N–H and O–H groups in total. The van der Waals surface area contributed by atoms with E-state index in [2.05, 4.69) is 5.32 Å². The molecule has 0 unspecified atom stereocenters. The van der Waals surface area contributed by atoms with Gasteiger partial charge in [0.25, 0.3) is 5.91 Å². The Morgan fingerprint density at radius 1 is 1.15 bits per heavy atom. The van der Waals surface area contributed by atoms with Gasteiger partial charge in [0.05, 0.1) is 7.11 Å². The average molecular weight is 388 g/mol. The standard InChI is InChI=1S/C22H26ClNO3/c1-15-12-19(9-10-20(15)23)27-14-17-13-16(8-11-21(17)26-2)22(25)24-18-6-4-3-5-7-18/h8-13,18H,3-7,14H2,1-2H3,(H,24,25). The minimum Gasteiger partial charge on any atom is -0.496 e. The minimum absolute atomic E-state index is 0.0341. The van der Waals surface area contributed by atoms with Crippen LogP contribution in [0.5, 0.6) is 11.5 Å². The van der Waals surface area contributed by atoms with Gasteiger partial charge < -0.3 is 14.8 Å². The van der Waals surface area contributed by atoms with E-state index in [9.17, 15) is 4.79 Å². The van der Waals surface area contributed by atoms with Crippen molar-refractivity contribution < 1.29 is 14.3 Å². The van der Waals surface area contributed by atoms with Crippen molar-refractivity contribution in [1.82, 2.24) is 5.32 Å². The quantitative estimate of drug-likeness (QED) is 0.731. The molecule has 0 heterocycles. The van der Waals surface area contributed by atoms with Gasteiger partial charge in [0, 0.05) is 22.2 Å². The first-order valence-electron chi connectivity index (χ1n) is 9.43. The molecule has 0 spiro atoms. The number of carbonyl (C=O) groups excluding carboxylic acids is 1. The van der Waals surface area contributed by atoms with Crippen LogP contribution in [0.25, 0.3) is 0 Å². The second-order valence-corrected chi connectivity index (χ2v) is 7.44. The molecule has 0 aliphatic heterocycles. The van der Waals surface area contributed by atoms with Gasteiger partial charge in [0.2, 0.25) is 0 Å². The number of ether oxygens (including phenoxy) is 2. The Bertz CT molecular complexity index is 800. The van der Waals surface area contributed by atoms with Crippen molar-refractivity contribution in [1.29, 1.82) is 0 Å². The molecule has 1 aliphatic carbocycles. The average Bonchev–Trinajstić information content (AvgIpc) is 2.69. The predicted octanol–water partition coefficient (Wildman–Crippen LogP) is 5.30. The van der Waals surface area contributed by atoms with E-state index in [1.807, 2.05) is 37.3 Å². The molecule has 2 aromatic carbocycles. The molecule has 1 fully saturated rings. The molecule has 1 saturated carbocycles. The third kappa shape index (κ3) is 5.16. The Balaban J connectivity index is 1.70. The molecular formula is C22H26ClNO3. The third-order valence-electron chi connectivity index (χ3n) is 5.01. The molecule has 4 nitrogen and oxygen atoms in total. The first-order chi connectivity index (χ1) is 13.1. The zero-order valence-electron chi connectivity index (χ0n) is 15.9. The largest absolute Gasteiger partial charge is 0.496 e. The highest BCUT2D eigenvalue weighted by Crippen LogP contribution is 2.25. The van der Waals surface area contributed by atoms with Gasteiger partial charge in [-0.3, -0.25) is 4.79 Å². The fourth-order valence-electron chi connectivity index (χ4n) is 3.42. The molecule has 1 amide bonds. The molecule has 0 radical (unpaired) electrons. The summed E-state index contributed by atoms with van der Waals surface area (Å²) in [5.41, 5.74) is 2.43. The van der Waals surface area contributed by atoms with Crippen LogP contribution in [0.1, 0.15) is 53.6 Å². The number of amides is 1. The fourth-order valence-corrected chi connectivity index (χ4v) is 3.53. The summed E-state index contributed by atoms with van der Waals surface area (Å²) in [5.74, 6) is 1.40. The Kier molecular flexibility index (Phi) is 6.62. The number of hydrogen-bond donors (Lipinski definition) is 1. The fraction of sp³-hybridized carbons (Fsp3) is 0.409. The monoisotopic (exact) mass is 387 g/mol. The Morgan fingerprint density at radius 3 is 2.63 bits per heavy atom. The van der Waals surface area contributed by atoms with Gasteiger partial charge >= 0.3 is 0 Å². The number of carbonyl (C=O) groups is 1. The summed E-state index contributed by atoms with van der Waals surface area (Å²) in [7, 11) is 1.62. The molecule has 5 heteroatoms. The maximum atomic E-state index is 12.6. The van der Waals surface area contributed by atoms with Gasteiger partial charge in [-0.2, -0.15) is 0 Å². The molecule has 0 atom stereocenters. The first-order valence-corrected chi connectivity index (χ1v) is 9.81. The summed E-state index contributed by atoms with van der Waals surface area (Å²) in [6.45, 7) is 2.25. The summed E-state index contributed by atoms with van der Waals surface area (Å²) in [6.07, 6.45) is 5.77. The van der Waals surface area contributed by atoms with Crippen LogP contribution < -0.4 is 14.8 Å². The maximum absolute atomic E-state index is 12.6. The van der Waals surface area contributed by atoms with Gasteiger partial charge in [-0.1, -0.05) is 30.9 Å². The highest BCUT2D eigenvalue weighted by atomic mass is 35.5. The van der Waals surface area contributed by atoms with E-state index < -0.39 is 0 Å². The van der Waals surface area contributed by atoms with E-state index in [1.54, 1.807) is 13.2 Å². The molecule has 0 bridgehead atoms. The summed E-state index contributed by atoms with van der Waals surface area (Å²) in [6, 6.07) is 11.3. The van der Waals surface area contributed by atoms with E-state index >= 15 is 0 Å². The van der Waals surface area contributed by atoms with Crippen LogP contribution in [0.15, 0.2) is 36.4 Å². The van der Waals surface area contributed by atoms with Crippen LogP contribution in [0.4, 0.5) is 0 Å². The number of rotatable bonds is 6. The van der Waals surface area contributed by atoms with E-state index in [0.29, 0.717) is 22.9 Å². The van der Waals surface area contributed by atoms with Gasteiger partial charge in [-0.05, 0) is 61.7 Å². The highest BCUT2D eigenvalue weighted by Gasteiger charge is 2.17. The number of nitrogens with one attached hydrogen (secondary N) is 1. The molecule has 2 aromatic rings. The molecule has 144 valence electrons. The van der Waals surface area contributed by atoms with E-state index in [0.717, 1.165) is 29.7 Å². The molecule has 1 aliphatic rings. The first kappa shape index (κ1) is 19.6. The summed E-state index contributed by atoms with van der Waals surface area (Å²) < 4.78 is 11.3. The highest BCUT2D eigenvalue weighted by molar-refractivity contribution is 6.31. The van der Waals surface area contributed by atoms with Gasteiger partial charge in [-0.25, -0.2) is 0 Å². The molecule has 0 aromatic heterocycles. The van der Waals surface area contributed by atoms with Crippen molar-refractivity contribution in [3.8, 4) is 11.5 Å². The number of hydrogen-bond acceptors (Lipinski definition) is 3. The Labute approximate surface area is 165 Å². The Hall–Kier alpha value is -2.20. The lowest BCUT2D eigenvalue weighted by Crippen LogP contribution is -2.36. The lowest BCUT2D eigenvalue weighted by molar-refractivity contribution is 0.0927. The van der Waals surface area contributed by atoms with Crippen molar-refractivity contribution in [2.24, 2.45) is 0 Å². The number of methoxy groups -OCH3 is 1. The Morgan fingerprint density at radius 2 is 1.93 bits per heavy atom. The van der Waals surface area contributed by atoms with Crippen LogP contribution in [-0.2, 0) is 6.61 Å². The predicted molar refractivity (Wildman–Crippen MR) is 108 cm³/mol. The summed E-state index contributed by atoms with van der Waals surface area (Å²) in [4.78, 5) is 12.6. The van der Waals surface area contributed by atoms with Gasteiger partial charge in [0.1, 0.15) is 18.1 Å². The van der Waals surface area contributed by atoms with Crippen LogP contribution in [0.3, 0.4) is 0 Å². The van der Waals surface area contributed by atoms with Crippen molar-refractivity contribution in [3.63, 3.8) is 0 Å². The van der Waals surface area contributed by atoms with Crippen molar-refractivity contribution in [2.75, 3.05) is 7.11 Å². The van der Waals surface area contributed by atoms with Crippen LogP contribution in [0, 0.1) is 6.92 Å². The van der Waals surface area contributed by atoms with Crippen LogP contribution in [-0.4, -0.2) is 19.1 Å². The number of benzene rings is 2. The third-order valence-corrected chi connectivity index (χ3v) is 5.43. The van der Waals surface area contributed by atoms with E-state index in [1.165, 1.54) is 19.3 Å². The zero-order chi connectivity index (χ0) is 19.2. The van der Waals surface area contributed by atoms with Crippen molar-refractivity contribution in [3.05, 3.63) is 58.1 Å². The minimum atomic E-state index is -0.0341. The summed E-state index contributed by atoms with van der Waals surface area (Å²) >= 11 is 6.06. The van der Waals surface area contributed by atoms with Gasteiger partial charge in [0.15, 0.2) is 0 Å². The van der Waals surface area contributed by atoms with Crippen molar-refractivity contribution in [2.45, 2.75) is 51.7 Å². The molecular weight excluding hydrogens is 362 g/mol. The number of halogens is 1. The normalized spacial score (nSPS) is 14.6. The van der Waals surface area contributed by atoms with Crippen molar-refractivity contribution >= 4 is 17.5 Å². The second kappa shape index (κ2) is 9.14. The maximum Gasteiger partial charge on any atom is 0.251 e. The lowest BCUT2D eigenvalue weighted by Gasteiger charge is -2.23. The van der Waals surface area contributed by atoms with Gasteiger partial charge in [-0.15, -0.1) is 0 Å².